The molecule has 1 aliphatic rings. The van der Waals surface area contributed by atoms with Crippen LogP contribution in [0.4, 0.5) is 17.1 Å². The van der Waals surface area contributed by atoms with E-state index in [2.05, 4.69) is 5.32 Å². The number of piperidine rings is 1. The second kappa shape index (κ2) is 9.39. The molecule has 8 nitrogen and oxygen atoms in total. The van der Waals surface area contributed by atoms with Gasteiger partial charge in [-0.1, -0.05) is 18.2 Å². The van der Waals surface area contributed by atoms with Crippen LogP contribution in [0.3, 0.4) is 0 Å². The highest BCUT2D eigenvalue weighted by Gasteiger charge is 2.23. The Kier molecular flexibility index (Phi) is 6.66. The van der Waals surface area contributed by atoms with Crippen molar-refractivity contribution in [2.45, 2.75) is 33.1 Å². The number of rotatable bonds is 6. The molecule has 0 saturated carbocycles. The average molecular weight is 411 g/mol. The van der Waals surface area contributed by atoms with Crippen LogP contribution in [0, 0.1) is 24.0 Å². The Morgan fingerprint density at radius 2 is 1.77 bits per heavy atom. The number of nitro benzene ring substituents is 1. The molecule has 1 aliphatic heterocycles. The number of carbonyl (C=O) groups is 2. The summed E-state index contributed by atoms with van der Waals surface area (Å²) in [6.07, 6.45) is 3.09. The molecule has 1 fully saturated rings. The van der Waals surface area contributed by atoms with Crippen molar-refractivity contribution < 1.29 is 19.2 Å². The number of aryl methyl sites for hydroxylation is 2. The number of amides is 1. The molecule has 2 aromatic carbocycles. The summed E-state index contributed by atoms with van der Waals surface area (Å²) in [5.41, 5.74) is 3.00. The molecule has 0 spiro atoms. The summed E-state index contributed by atoms with van der Waals surface area (Å²) in [6, 6.07) is 9.83. The van der Waals surface area contributed by atoms with E-state index in [4.69, 9.17) is 4.74 Å². The number of nitro groups is 1. The molecular formula is C22H25N3O5. The molecule has 0 unspecified atom stereocenters. The fourth-order valence-electron chi connectivity index (χ4n) is 3.61. The third-order valence-corrected chi connectivity index (χ3v) is 5.19. The van der Waals surface area contributed by atoms with E-state index in [1.54, 1.807) is 6.07 Å². The molecule has 1 saturated heterocycles. The first kappa shape index (κ1) is 21.3. The molecule has 2 aromatic rings. The molecule has 1 amide bonds. The number of hydrogen-bond acceptors (Lipinski definition) is 6. The van der Waals surface area contributed by atoms with Crippen LogP contribution in [0.1, 0.15) is 40.7 Å². The second-order valence-corrected chi connectivity index (χ2v) is 7.40. The molecular weight excluding hydrogens is 386 g/mol. The van der Waals surface area contributed by atoms with Gasteiger partial charge in [0.1, 0.15) is 0 Å². The summed E-state index contributed by atoms with van der Waals surface area (Å²) in [5, 5.41) is 13.9. The molecule has 0 bridgehead atoms. The fourth-order valence-corrected chi connectivity index (χ4v) is 3.61. The number of benzene rings is 2. The number of carbonyl (C=O) groups excluding carboxylic acids is 2. The largest absolute Gasteiger partial charge is 0.452 e. The van der Waals surface area contributed by atoms with Crippen LogP contribution in [0.2, 0.25) is 0 Å². The first-order valence-corrected chi connectivity index (χ1v) is 9.93. The van der Waals surface area contributed by atoms with E-state index in [-0.39, 0.29) is 11.3 Å². The van der Waals surface area contributed by atoms with E-state index in [1.165, 1.54) is 12.1 Å². The molecule has 1 N–H and O–H groups in total. The molecule has 1 heterocycles. The van der Waals surface area contributed by atoms with Crippen molar-refractivity contribution in [2.24, 2.45) is 0 Å². The third kappa shape index (κ3) is 4.94. The summed E-state index contributed by atoms with van der Waals surface area (Å²) in [7, 11) is 0. The molecule has 0 aromatic heterocycles. The molecule has 0 aliphatic carbocycles. The predicted octanol–water partition coefficient (Wildman–Crippen LogP) is 4.00. The number of non-ortho nitro benzene ring substituents is 1. The molecule has 158 valence electrons. The maximum absolute atomic E-state index is 12.7. The predicted molar refractivity (Wildman–Crippen MR) is 114 cm³/mol. The fraction of sp³-hybridized carbons (Fsp3) is 0.364. The van der Waals surface area contributed by atoms with E-state index in [9.17, 15) is 19.7 Å². The Morgan fingerprint density at radius 1 is 1.10 bits per heavy atom. The van der Waals surface area contributed by atoms with Crippen LogP contribution in [0.25, 0.3) is 0 Å². The Morgan fingerprint density at radius 3 is 2.40 bits per heavy atom. The van der Waals surface area contributed by atoms with Gasteiger partial charge in [0.15, 0.2) is 6.61 Å². The summed E-state index contributed by atoms with van der Waals surface area (Å²) in [5.74, 6) is -1.22. The van der Waals surface area contributed by atoms with Crippen LogP contribution in [0.5, 0.6) is 0 Å². The molecule has 0 atom stereocenters. The van der Waals surface area contributed by atoms with Crippen LogP contribution in [-0.4, -0.2) is 36.5 Å². The Labute approximate surface area is 175 Å². The lowest BCUT2D eigenvalue weighted by Crippen LogP contribution is -2.31. The lowest BCUT2D eigenvalue weighted by Gasteiger charge is -2.30. The Balaban J connectivity index is 1.74. The number of nitrogens with zero attached hydrogens (tertiary/aromatic N) is 2. The van der Waals surface area contributed by atoms with Crippen LogP contribution >= 0.6 is 0 Å². The Hall–Kier alpha value is -3.42. The van der Waals surface area contributed by atoms with Crippen LogP contribution in [-0.2, 0) is 9.53 Å². The molecule has 3 rings (SSSR count). The second-order valence-electron chi connectivity index (χ2n) is 7.40. The van der Waals surface area contributed by atoms with Crippen molar-refractivity contribution in [3.8, 4) is 0 Å². The summed E-state index contributed by atoms with van der Waals surface area (Å²) in [4.78, 5) is 37.7. The lowest BCUT2D eigenvalue weighted by atomic mass is 10.1. The highest BCUT2D eigenvalue weighted by Crippen LogP contribution is 2.28. The highest BCUT2D eigenvalue weighted by molar-refractivity contribution is 5.99. The number of anilines is 2. The van der Waals surface area contributed by atoms with Gasteiger partial charge >= 0.3 is 5.97 Å². The standard InChI is InChI=1S/C22H25N3O5/c1-15-7-6-8-16(2)21(15)23-20(26)14-30-22(27)18-13-17(25(28)29)9-10-19(18)24-11-4-3-5-12-24/h6-10,13H,3-5,11-12,14H2,1-2H3,(H,23,26). The zero-order valence-electron chi connectivity index (χ0n) is 17.1. The van der Waals surface area contributed by atoms with E-state index in [1.807, 2.05) is 36.9 Å². The van der Waals surface area contributed by atoms with Crippen LogP contribution < -0.4 is 10.2 Å². The number of nitrogens with one attached hydrogen (secondary N) is 1. The zero-order chi connectivity index (χ0) is 21.7. The van der Waals surface area contributed by atoms with Gasteiger partial charge < -0.3 is 15.0 Å². The average Bonchev–Trinajstić information content (AvgIpc) is 2.75. The maximum Gasteiger partial charge on any atom is 0.341 e. The number of para-hydroxylation sites is 1. The van der Waals surface area contributed by atoms with Crippen molar-refractivity contribution >= 4 is 28.9 Å². The number of hydrogen-bond donors (Lipinski definition) is 1. The normalized spacial score (nSPS) is 13.6. The van der Waals surface area contributed by atoms with Crippen molar-refractivity contribution in [3.63, 3.8) is 0 Å². The van der Waals surface area contributed by atoms with E-state index in [0.717, 1.165) is 43.5 Å². The quantitative estimate of drug-likeness (QED) is 0.438. The van der Waals surface area contributed by atoms with Crippen molar-refractivity contribution in [1.29, 1.82) is 0 Å². The first-order chi connectivity index (χ1) is 14.4. The molecule has 8 heteroatoms. The molecule has 0 radical (unpaired) electrons. The van der Waals surface area contributed by atoms with Gasteiger partial charge in [0.25, 0.3) is 11.6 Å². The van der Waals surface area contributed by atoms with Crippen molar-refractivity contribution in [2.75, 3.05) is 29.9 Å². The van der Waals surface area contributed by atoms with Crippen molar-refractivity contribution in [1.82, 2.24) is 0 Å². The van der Waals surface area contributed by atoms with E-state index < -0.39 is 23.4 Å². The third-order valence-electron chi connectivity index (χ3n) is 5.19. The smallest absolute Gasteiger partial charge is 0.341 e. The van der Waals surface area contributed by atoms with Crippen molar-refractivity contribution in [3.05, 3.63) is 63.2 Å². The van der Waals surface area contributed by atoms with Gasteiger partial charge in [-0.15, -0.1) is 0 Å². The van der Waals surface area contributed by atoms with Gasteiger partial charge in [-0.2, -0.15) is 0 Å². The number of esters is 1. The minimum absolute atomic E-state index is 0.103. The molecule has 30 heavy (non-hydrogen) atoms. The summed E-state index contributed by atoms with van der Waals surface area (Å²) in [6.45, 7) is 4.82. The topological polar surface area (TPSA) is 102 Å². The van der Waals surface area contributed by atoms with E-state index in [0.29, 0.717) is 11.4 Å². The van der Waals surface area contributed by atoms with Gasteiger partial charge in [0.05, 0.1) is 16.2 Å². The van der Waals surface area contributed by atoms with Gasteiger partial charge in [-0.3, -0.25) is 14.9 Å². The highest BCUT2D eigenvalue weighted by atomic mass is 16.6. The van der Waals surface area contributed by atoms with E-state index >= 15 is 0 Å². The summed E-state index contributed by atoms with van der Waals surface area (Å²) < 4.78 is 5.21. The minimum atomic E-state index is -0.754. The van der Waals surface area contributed by atoms with Gasteiger partial charge in [-0.25, -0.2) is 4.79 Å². The van der Waals surface area contributed by atoms with Gasteiger partial charge in [-0.05, 0) is 50.3 Å². The Bertz CT molecular complexity index is 947. The number of ether oxygens (including phenoxy) is 1. The van der Waals surface area contributed by atoms with Gasteiger partial charge in [0, 0.05) is 30.9 Å². The first-order valence-electron chi connectivity index (χ1n) is 9.93. The summed E-state index contributed by atoms with van der Waals surface area (Å²) >= 11 is 0. The zero-order valence-corrected chi connectivity index (χ0v) is 17.1. The SMILES string of the molecule is Cc1cccc(C)c1NC(=O)COC(=O)c1cc([N+](=O)[O-])ccc1N1CCCCC1. The van der Waals surface area contributed by atoms with Crippen LogP contribution in [0.15, 0.2) is 36.4 Å². The lowest BCUT2D eigenvalue weighted by molar-refractivity contribution is -0.384. The minimum Gasteiger partial charge on any atom is -0.452 e. The monoisotopic (exact) mass is 411 g/mol. The van der Waals surface area contributed by atoms with Gasteiger partial charge in [0.2, 0.25) is 0 Å². The maximum atomic E-state index is 12.7.